The SMILES string of the molecule is CCOc1ccc(NC(=O)c2ccn(COc3ccccc3C)n2)cc1. The van der Waals surface area contributed by atoms with E-state index in [9.17, 15) is 4.79 Å². The summed E-state index contributed by atoms with van der Waals surface area (Å²) in [4.78, 5) is 12.3. The molecule has 0 saturated carbocycles. The zero-order valence-electron chi connectivity index (χ0n) is 14.8. The van der Waals surface area contributed by atoms with Crippen LogP contribution in [0.4, 0.5) is 5.69 Å². The van der Waals surface area contributed by atoms with E-state index in [1.165, 1.54) is 0 Å². The molecule has 0 aliphatic carbocycles. The predicted molar refractivity (Wildman–Crippen MR) is 99.6 cm³/mol. The number of para-hydroxylation sites is 1. The normalized spacial score (nSPS) is 10.4. The fourth-order valence-electron chi connectivity index (χ4n) is 2.41. The largest absolute Gasteiger partial charge is 0.494 e. The number of nitrogens with one attached hydrogen (secondary N) is 1. The van der Waals surface area contributed by atoms with Crippen LogP contribution in [0.15, 0.2) is 60.8 Å². The van der Waals surface area contributed by atoms with Gasteiger partial charge in [-0.1, -0.05) is 18.2 Å². The molecule has 134 valence electrons. The lowest BCUT2D eigenvalue weighted by atomic mass is 10.2. The van der Waals surface area contributed by atoms with Gasteiger partial charge < -0.3 is 14.8 Å². The maximum atomic E-state index is 12.3. The number of aromatic nitrogens is 2. The minimum Gasteiger partial charge on any atom is -0.494 e. The van der Waals surface area contributed by atoms with Gasteiger partial charge in [0, 0.05) is 11.9 Å². The third-order valence-corrected chi connectivity index (χ3v) is 3.74. The summed E-state index contributed by atoms with van der Waals surface area (Å²) in [5.41, 5.74) is 2.06. The molecule has 3 rings (SSSR count). The Morgan fingerprint density at radius 2 is 1.85 bits per heavy atom. The maximum absolute atomic E-state index is 12.3. The number of anilines is 1. The van der Waals surface area contributed by atoms with Crippen LogP contribution < -0.4 is 14.8 Å². The Bertz CT molecular complexity index is 872. The Labute approximate surface area is 152 Å². The molecule has 0 aliphatic rings. The molecule has 2 aromatic carbocycles. The molecule has 26 heavy (non-hydrogen) atoms. The molecule has 0 bridgehead atoms. The van der Waals surface area contributed by atoms with Crippen LogP contribution in [-0.2, 0) is 6.73 Å². The molecule has 1 heterocycles. The second-order valence-electron chi connectivity index (χ2n) is 5.69. The third kappa shape index (κ3) is 4.42. The number of carbonyl (C=O) groups is 1. The predicted octanol–water partition coefficient (Wildman–Crippen LogP) is 3.88. The summed E-state index contributed by atoms with van der Waals surface area (Å²) in [5.74, 6) is 1.29. The van der Waals surface area contributed by atoms with Crippen LogP contribution in [0.3, 0.4) is 0 Å². The molecule has 0 aliphatic heterocycles. The average molecular weight is 351 g/mol. The lowest BCUT2D eigenvalue weighted by molar-refractivity contribution is 0.102. The van der Waals surface area contributed by atoms with Crippen molar-refractivity contribution in [2.24, 2.45) is 0 Å². The first-order valence-corrected chi connectivity index (χ1v) is 8.42. The zero-order chi connectivity index (χ0) is 18.4. The van der Waals surface area contributed by atoms with Gasteiger partial charge >= 0.3 is 0 Å². The highest BCUT2D eigenvalue weighted by atomic mass is 16.5. The molecule has 0 fully saturated rings. The highest BCUT2D eigenvalue weighted by molar-refractivity contribution is 6.02. The van der Waals surface area contributed by atoms with E-state index in [1.807, 2.05) is 50.2 Å². The van der Waals surface area contributed by atoms with E-state index in [0.29, 0.717) is 18.0 Å². The van der Waals surface area contributed by atoms with Crippen LogP contribution in [0.2, 0.25) is 0 Å². The molecule has 6 heteroatoms. The van der Waals surface area contributed by atoms with Gasteiger partial charge in [-0.15, -0.1) is 0 Å². The summed E-state index contributed by atoms with van der Waals surface area (Å²) in [7, 11) is 0. The van der Waals surface area contributed by atoms with Gasteiger partial charge in [0.25, 0.3) is 5.91 Å². The van der Waals surface area contributed by atoms with Crippen molar-refractivity contribution in [3.63, 3.8) is 0 Å². The molecule has 0 atom stereocenters. The number of carbonyl (C=O) groups excluding carboxylic acids is 1. The van der Waals surface area contributed by atoms with Crippen LogP contribution in [0, 0.1) is 6.92 Å². The Kier molecular flexibility index (Phi) is 5.53. The number of rotatable bonds is 7. The topological polar surface area (TPSA) is 65.4 Å². The number of aryl methyl sites for hydroxylation is 1. The van der Waals surface area contributed by atoms with Crippen molar-refractivity contribution in [3.05, 3.63) is 72.1 Å². The first kappa shape index (κ1) is 17.5. The Morgan fingerprint density at radius 1 is 1.08 bits per heavy atom. The molecule has 0 radical (unpaired) electrons. The van der Waals surface area contributed by atoms with E-state index in [2.05, 4.69) is 10.4 Å². The fourth-order valence-corrected chi connectivity index (χ4v) is 2.41. The molecule has 6 nitrogen and oxygen atoms in total. The first-order chi connectivity index (χ1) is 12.7. The fraction of sp³-hybridized carbons (Fsp3) is 0.200. The highest BCUT2D eigenvalue weighted by Crippen LogP contribution is 2.17. The van der Waals surface area contributed by atoms with Gasteiger partial charge in [-0.3, -0.25) is 4.79 Å². The minimum absolute atomic E-state index is 0.237. The van der Waals surface area contributed by atoms with E-state index in [1.54, 1.807) is 29.1 Å². The van der Waals surface area contributed by atoms with Gasteiger partial charge in [-0.2, -0.15) is 5.10 Å². The second-order valence-corrected chi connectivity index (χ2v) is 5.69. The van der Waals surface area contributed by atoms with E-state index >= 15 is 0 Å². The lowest BCUT2D eigenvalue weighted by Crippen LogP contribution is -2.14. The standard InChI is InChI=1S/C20H21N3O3/c1-3-25-17-10-8-16(9-11-17)21-20(24)18-12-13-23(22-18)14-26-19-7-5-4-6-15(19)2/h4-13H,3,14H2,1-2H3,(H,21,24). The maximum Gasteiger partial charge on any atom is 0.276 e. The minimum atomic E-state index is -0.274. The van der Waals surface area contributed by atoms with Gasteiger partial charge in [0.15, 0.2) is 12.4 Å². The molecule has 1 amide bonds. The van der Waals surface area contributed by atoms with Crippen molar-refractivity contribution >= 4 is 11.6 Å². The first-order valence-electron chi connectivity index (χ1n) is 8.42. The molecule has 1 aromatic heterocycles. The van der Waals surface area contributed by atoms with Crippen LogP contribution >= 0.6 is 0 Å². The summed E-state index contributed by atoms with van der Waals surface area (Å²) in [6.45, 7) is 4.75. The van der Waals surface area contributed by atoms with E-state index < -0.39 is 0 Å². The van der Waals surface area contributed by atoms with Gasteiger partial charge in [0.05, 0.1) is 6.61 Å². The van der Waals surface area contributed by atoms with Gasteiger partial charge in [0.1, 0.15) is 11.5 Å². The number of amides is 1. The van der Waals surface area contributed by atoms with Gasteiger partial charge in [-0.25, -0.2) is 4.68 Å². The summed E-state index contributed by atoms with van der Waals surface area (Å²) >= 11 is 0. The molecule has 3 aromatic rings. The summed E-state index contributed by atoms with van der Waals surface area (Å²) in [6, 6.07) is 16.6. The molecule has 0 saturated heterocycles. The summed E-state index contributed by atoms with van der Waals surface area (Å²) < 4.78 is 12.7. The molecular formula is C20H21N3O3. The number of hydrogen-bond acceptors (Lipinski definition) is 4. The third-order valence-electron chi connectivity index (χ3n) is 3.74. The molecular weight excluding hydrogens is 330 g/mol. The van der Waals surface area contributed by atoms with Gasteiger partial charge in [-0.05, 0) is 55.8 Å². The van der Waals surface area contributed by atoms with Crippen LogP contribution in [-0.4, -0.2) is 22.3 Å². The Balaban J connectivity index is 1.58. The molecule has 0 unspecified atom stereocenters. The van der Waals surface area contributed by atoms with Crippen molar-refractivity contribution in [1.82, 2.24) is 9.78 Å². The number of benzene rings is 2. The smallest absolute Gasteiger partial charge is 0.276 e. The number of hydrogen-bond donors (Lipinski definition) is 1. The second kappa shape index (κ2) is 8.20. The number of ether oxygens (including phenoxy) is 2. The van der Waals surface area contributed by atoms with Crippen LogP contribution in [0.1, 0.15) is 23.0 Å². The highest BCUT2D eigenvalue weighted by Gasteiger charge is 2.10. The molecule has 0 spiro atoms. The Morgan fingerprint density at radius 3 is 2.58 bits per heavy atom. The van der Waals surface area contributed by atoms with Crippen molar-refractivity contribution in [2.75, 3.05) is 11.9 Å². The van der Waals surface area contributed by atoms with Crippen molar-refractivity contribution in [2.45, 2.75) is 20.6 Å². The van der Waals surface area contributed by atoms with Crippen molar-refractivity contribution in [1.29, 1.82) is 0 Å². The number of nitrogens with zero attached hydrogens (tertiary/aromatic N) is 2. The van der Waals surface area contributed by atoms with E-state index in [-0.39, 0.29) is 12.6 Å². The quantitative estimate of drug-likeness (QED) is 0.701. The van der Waals surface area contributed by atoms with Crippen LogP contribution in [0.25, 0.3) is 0 Å². The molecule has 1 N–H and O–H groups in total. The zero-order valence-corrected chi connectivity index (χ0v) is 14.8. The van der Waals surface area contributed by atoms with Gasteiger partial charge in [0.2, 0.25) is 0 Å². The summed E-state index contributed by atoms with van der Waals surface area (Å²) in [5, 5.41) is 7.07. The monoisotopic (exact) mass is 351 g/mol. The van der Waals surface area contributed by atoms with E-state index in [4.69, 9.17) is 9.47 Å². The van der Waals surface area contributed by atoms with Crippen molar-refractivity contribution < 1.29 is 14.3 Å². The summed E-state index contributed by atoms with van der Waals surface area (Å²) in [6.07, 6.45) is 1.71. The Hall–Kier alpha value is -3.28. The average Bonchev–Trinajstić information content (AvgIpc) is 3.12. The van der Waals surface area contributed by atoms with Crippen molar-refractivity contribution in [3.8, 4) is 11.5 Å². The van der Waals surface area contributed by atoms with Crippen LogP contribution in [0.5, 0.6) is 11.5 Å². The van der Waals surface area contributed by atoms with E-state index in [0.717, 1.165) is 17.1 Å². The lowest BCUT2D eigenvalue weighted by Gasteiger charge is -2.08.